The summed E-state index contributed by atoms with van der Waals surface area (Å²) in [5.74, 6) is 0.135. The van der Waals surface area contributed by atoms with Gasteiger partial charge in [0.15, 0.2) is 0 Å². The average Bonchev–Trinajstić information content (AvgIpc) is 2.33. The molecular formula is C12H17FN2O3. The molecule has 0 spiro atoms. The van der Waals surface area contributed by atoms with Gasteiger partial charge in [-0.3, -0.25) is 0 Å². The van der Waals surface area contributed by atoms with Gasteiger partial charge in [0, 0.05) is 18.2 Å². The summed E-state index contributed by atoms with van der Waals surface area (Å²) in [7, 11) is 1.49. The highest BCUT2D eigenvalue weighted by Crippen LogP contribution is 2.27. The lowest BCUT2D eigenvalue weighted by molar-refractivity contribution is 0.156. The van der Waals surface area contributed by atoms with Gasteiger partial charge in [0.25, 0.3) is 0 Å². The number of nitrogens with one attached hydrogen (secondary N) is 1. The van der Waals surface area contributed by atoms with Crippen molar-refractivity contribution >= 4 is 6.09 Å². The Kier molecular flexibility index (Phi) is 5.38. The van der Waals surface area contributed by atoms with E-state index in [1.54, 1.807) is 19.1 Å². The van der Waals surface area contributed by atoms with Gasteiger partial charge in [-0.25, -0.2) is 9.18 Å². The van der Waals surface area contributed by atoms with Crippen LogP contribution in [0, 0.1) is 5.82 Å². The zero-order chi connectivity index (χ0) is 13.5. The maximum Gasteiger partial charge on any atom is 0.404 e. The second kappa shape index (κ2) is 6.80. The Bertz CT molecular complexity index is 412. The minimum atomic E-state index is -0.826. The van der Waals surface area contributed by atoms with Gasteiger partial charge < -0.3 is 20.5 Å². The molecule has 1 unspecified atom stereocenters. The van der Waals surface area contributed by atoms with Crippen molar-refractivity contribution in [3.63, 3.8) is 0 Å². The number of carbonyl (C=O) groups excluding carboxylic acids is 1. The Morgan fingerprint density at radius 3 is 2.89 bits per heavy atom. The molecule has 6 heteroatoms. The molecule has 0 aromatic heterocycles. The van der Waals surface area contributed by atoms with Crippen LogP contribution in [0.4, 0.5) is 9.18 Å². The lowest BCUT2D eigenvalue weighted by atomic mass is 10.1. The number of nitrogens with two attached hydrogens (primary N) is 1. The number of primary amides is 1. The number of hydrogen-bond acceptors (Lipinski definition) is 4. The van der Waals surface area contributed by atoms with Crippen LogP contribution in [0.25, 0.3) is 0 Å². The van der Waals surface area contributed by atoms with Crippen LogP contribution in [0.5, 0.6) is 5.75 Å². The van der Waals surface area contributed by atoms with Crippen molar-refractivity contribution in [3.8, 4) is 5.75 Å². The highest BCUT2D eigenvalue weighted by molar-refractivity contribution is 5.64. The van der Waals surface area contributed by atoms with Crippen molar-refractivity contribution < 1.29 is 18.7 Å². The van der Waals surface area contributed by atoms with Crippen molar-refractivity contribution in [1.82, 2.24) is 5.32 Å². The molecule has 0 aliphatic heterocycles. The standard InChI is InChI=1S/C12H17FN2O3/c1-8(15-6-7-18-12(14)16)11-9(13)4-3-5-10(11)17-2/h3-5,8,15H,6-7H2,1-2H3,(H2,14,16). The average molecular weight is 256 g/mol. The van der Waals surface area contributed by atoms with E-state index in [9.17, 15) is 9.18 Å². The van der Waals surface area contributed by atoms with Crippen LogP contribution in [0.15, 0.2) is 18.2 Å². The predicted molar refractivity (Wildman–Crippen MR) is 64.9 cm³/mol. The van der Waals surface area contributed by atoms with Crippen molar-refractivity contribution in [3.05, 3.63) is 29.6 Å². The number of amides is 1. The van der Waals surface area contributed by atoms with E-state index in [4.69, 9.17) is 10.5 Å². The van der Waals surface area contributed by atoms with Gasteiger partial charge in [0.1, 0.15) is 18.2 Å². The smallest absolute Gasteiger partial charge is 0.404 e. The lowest BCUT2D eigenvalue weighted by Gasteiger charge is -2.17. The summed E-state index contributed by atoms with van der Waals surface area (Å²) in [6.45, 7) is 2.31. The highest BCUT2D eigenvalue weighted by Gasteiger charge is 2.15. The summed E-state index contributed by atoms with van der Waals surface area (Å²) in [5.41, 5.74) is 5.26. The molecule has 1 rings (SSSR count). The Labute approximate surface area is 105 Å². The first-order valence-corrected chi connectivity index (χ1v) is 5.54. The van der Waals surface area contributed by atoms with Gasteiger partial charge in [-0.15, -0.1) is 0 Å². The molecule has 1 amide bonds. The number of halogens is 1. The summed E-state index contributed by atoms with van der Waals surface area (Å²) in [6, 6.07) is 4.38. The first kappa shape index (κ1) is 14.2. The number of benzene rings is 1. The largest absolute Gasteiger partial charge is 0.496 e. The molecule has 0 aliphatic carbocycles. The third kappa shape index (κ3) is 3.89. The van der Waals surface area contributed by atoms with Gasteiger partial charge in [-0.05, 0) is 19.1 Å². The summed E-state index contributed by atoms with van der Waals surface area (Å²) in [5, 5.41) is 3.02. The highest BCUT2D eigenvalue weighted by atomic mass is 19.1. The molecule has 5 nitrogen and oxygen atoms in total. The molecule has 0 radical (unpaired) electrons. The fourth-order valence-electron chi connectivity index (χ4n) is 1.64. The Balaban J connectivity index is 2.60. The molecule has 3 N–H and O–H groups in total. The fourth-order valence-corrected chi connectivity index (χ4v) is 1.64. The molecule has 0 heterocycles. The first-order chi connectivity index (χ1) is 8.56. The van der Waals surface area contributed by atoms with Crippen LogP contribution in [0.1, 0.15) is 18.5 Å². The van der Waals surface area contributed by atoms with Crippen molar-refractivity contribution in [2.75, 3.05) is 20.3 Å². The van der Waals surface area contributed by atoms with Crippen molar-refractivity contribution in [2.45, 2.75) is 13.0 Å². The topological polar surface area (TPSA) is 73.6 Å². The van der Waals surface area contributed by atoms with Crippen LogP contribution in [-0.4, -0.2) is 26.4 Å². The van der Waals surface area contributed by atoms with Crippen LogP contribution < -0.4 is 15.8 Å². The van der Waals surface area contributed by atoms with Crippen molar-refractivity contribution in [1.29, 1.82) is 0 Å². The molecule has 1 atom stereocenters. The van der Waals surface area contributed by atoms with Crippen LogP contribution in [-0.2, 0) is 4.74 Å². The Hall–Kier alpha value is -1.82. The molecule has 1 aromatic rings. The number of ether oxygens (including phenoxy) is 2. The monoisotopic (exact) mass is 256 g/mol. The predicted octanol–water partition coefficient (Wildman–Crippen LogP) is 1.58. The summed E-state index contributed by atoms with van der Waals surface area (Å²) in [6.07, 6.45) is -0.826. The lowest BCUT2D eigenvalue weighted by Crippen LogP contribution is -2.26. The van der Waals surface area contributed by atoms with Gasteiger partial charge in [-0.1, -0.05) is 6.07 Å². The quantitative estimate of drug-likeness (QED) is 0.758. The maximum atomic E-state index is 13.7. The molecule has 1 aromatic carbocycles. The molecule has 18 heavy (non-hydrogen) atoms. The molecule has 0 saturated carbocycles. The van der Waals surface area contributed by atoms with E-state index in [-0.39, 0.29) is 18.5 Å². The van der Waals surface area contributed by atoms with E-state index in [1.165, 1.54) is 13.2 Å². The summed E-state index contributed by atoms with van der Waals surface area (Å²) in [4.78, 5) is 10.4. The molecule has 0 aliphatic rings. The molecule has 0 fully saturated rings. The molecule has 100 valence electrons. The minimum absolute atomic E-state index is 0.135. The van der Waals surface area contributed by atoms with Crippen LogP contribution >= 0.6 is 0 Å². The fraction of sp³-hybridized carbons (Fsp3) is 0.417. The SMILES string of the molecule is COc1cccc(F)c1C(C)NCCOC(N)=O. The zero-order valence-corrected chi connectivity index (χ0v) is 10.4. The minimum Gasteiger partial charge on any atom is -0.496 e. The first-order valence-electron chi connectivity index (χ1n) is 5.54. The van der Waals surface area contributed by atoms with Crippen molar-refractivity contribution in [2.24, 2.45) is 5.73 Å². The third-order valence-corrected chi connectivity index (χ3v) is 2.46. The normalized spacial score (nSPS) is 11.9. The summed E-state index contributed by atoms with van der Waals surface area (Å²) < 4.78 is 23.4. The van der Waals surface area contributed by atoms with E-state index in [2.05, 4.69) is 10.1 Å². The molecule has 0 saturated heterocycles. The van der Waals surface area contributed by atoms with E-state index in [0.29, 0.717) is 17.9 Å². The van der Waals surface area contributed by atoms with E-state index in [0.717, 1.165) is 0 Å². The summed E-state index contributed by atoms with van der Waals surface area (Å²) >= 11 is 0. The number of hydrogen-bond donors (Lipinski definition) is 2. The molecular weight excluding hydrogens is 239 g/mol. The Morgan fingerprint density at radius 1 is 1.56 bits per heavy atom. The zero-order valence-electron chi connectivity index (χ0n) is 10.4. The molecule has 0 bridgehead atoms. The van der Waals surface area contributed by atoms with Gasteiger partial charge in [0.2, 0.25) is 0 Å². The second-order valence-electron chi connectivity index (χ2n) is 3.70. The van der Waals surface area contributed by atoms with Gasteiger partial charge >= 0.3 is 6.09 Å². The van der Waals surface area contributed by atoms with E-state index < -0.39 is 6.09 Å². The third-order valence-electron chi connectivity index (χ3n) is 2.46. The number of rotatable bonds is 6. The number of carbonyl (C=O) groups is 1. The second-order valence-corrected chi connectivity index (χ2v) is 3.70. The maximum absolute atomic E-state index is 13.7. The van der Waals surface area contributed by atoms with E-state index >= 15 is 0 Å². The van der Waals surface area contributed by atoms with Gasteiger partial charge in [0.05, 0.1) is 7.11 Å². The van der Waals surface area contributed by atoms with Crippen LogP contribution in [0.2, 0.25) is 0 Å². The number of methoxy groups -OCH3 is 1. The Morgan fingerprint density at radius 2 is 2.28 bits per heavy atom. The van der Waals surface area contributed by atoms with E-state index in [1.807, 2.05) is 0 Å². The van der Waals surface area contributed by atoms with Gasteiger partial charge in [-0.2, -0.15) is 0 Å². The van der Waals surface area contributed by atoms with Crippen LogP contribution in [0.3, 0.4) is 0 Å².